The van der Waals surface area contributed by atoms with Crippen molar-refractivity contribution < 1.29 is 22.3 Å². The van der Waals surface area contributed by atoms with Gasteiger partial charge in [-0.05, 0) is 61.8 Å². The zero-order chi connectivity index (χ0) is 27.5. The Hall–Kier alpha value is -3.13. The van der Waals surface area contributed by atoms with Gasteiger partial charge in [-0.1, -0.05) is 36.3 Å². The van der Waals surface area contributed by atoms with Gasteiger partial charge in [0, 0.05) is 23.6 Å². The fraction of sp³-hybridized carbons (Fsp3) is 0.429. The number of sulfonamides is 1. The molecule has 0 aromatic heterocycles. The Bertz CT molecular complexity index is 1310. The molecule has 1 aliphatic heterocycles. The Morgan fingerprint density at radius 3 is 2.32 bits per heavy atom. The van der Waals surface area contributed by atoms with E-state index in [0.29, 0.717) is 44.1 Å². The number of nitrogens with zero attached hydrogens (tertiary/aromatic N) is 2. The minimum absolute atomic E-state index is 0.0492. The molecule has 2 aromatic rings. The molecule has 0 spiro atoms. The molecule has 0 amide bonds. The van der Waals surface area contributed by atoms with Crippen LogP contribution in [0.1, 0.15) is 60.5 Å². The van der Waals surface area contributed by atoms with Gasteiger partial charge in [0.25, 0.3) is 0 Å². The molecular weight excluding hydrogens is 510 g/mol. The number of rotatable bonds is 8. The van der Waals surface area contributed by atoms with Gasteiger partial charge in [0.05, 0.1) is 25.3 Å². The molecule has 7 nitrogen and oxygen atoms in total. The molecule has 2 atom stereocenters. The summed E-state index contributed by atoms with van der Waals surface area (Å²) in [5.74, 6) is 1.03. The predicted octanol–water partition coefficient (Wildman–Crippen LogP) is 4.32. The van der Waals surface area contributed by atoms with Gasteiger partial charge in [0.1, 0.15) is 16.9 Å². The van der Waals surface area contributed by atoms with E-state index in [9.17, 15) is 13.5 Å². The molecule has 0 unspecified atom stereocenters. The molecule has 202 valence electrons. The van der Waals surface area contributed by atoms with Crippen molar-refractivity contribution in [3.05, 3.63) is 70.8 Å². The highest BCUT2D eigenvalue weighted by Crippen LogP contribution is 2.43. The predicted molar refractivity (Wildman–Crippen MR) is 142 cm³/mol. The van der Waals surface area contributed by atoms with Crippen molar-refractivity contribution in [2.24, 2.45) is 0 Å². The highest BCUT2D eigenvalue weighted by Gasteiger charge is 2.43. The zero-order valence-electron chi connectivity index (χ0n) is 21.0. The highest BCUT2D eigenvalue weighted by atomic mass is 32.2. The third kappa shape index (κ3) is 5.10. The Labute approximate surface area is 222 Å². The second-order valence-electron chi connectivity index (χ2n) is 10.0. The van der Waals surface area contributed by atoms with Crippen molar-refractivity contribution in [2.75, 3.05) is 6.61 Å². The average molecular weight is 543 g/mol. The standard InChI is InChI=1S/C28H32F2N4O3S/c1-2-22-8-9-27(20-6-4-3-5-7-20)38(36,37)34(22)16-21-14-26(30)24(15-25(21)29)28(17-35)12-10-23(11-13-28)33(18-31)19-32/h1,3-7,14-15,18-19,22-23,27,31-32,35H,8-13,16-17H2/t22-,23?,27+,28?/m0/s1. The first-order valence-electron chi connectivity index (χ1n) is 12.6. The lowest BCUT2D eigenvalue weighted by molar-refractivity contribution is 0.127. The molecule has 1 saturated carbocycles. The summed E-state index contributed by atoms with van der Waals surface area (Å²) < 4.78 is 59.3. The quantitative estimate of drug-likeness (QED) is 0.262. The molecule has 10 heteroatoms. The van der Waals surface area contributed by atoms with E-state index in [0.717, 1.165) is 29.1 Å². The van der Waals surface area contributed by atoms with Gasteiger partial charge in [-0.3, -0.25) is 10.8 Å². The molecular formula is C28H32F2N4O3S. The number of aliphatic hydroxyl groups is 1. The summed E-state index contributed by atoms with van der Waals surface area (Å²) >= 11 is 0. The van der Waals surface area contributed by atoms with Crippen LogP contribution in [0.5, 0.6) is 0 Å². The van der Waals surface area contributed by atoms with Crippen LogP contribution >= 0.6 is 0 Å². The van der Waals surface area contributed by atoms with Crippen LogP contribution in [0.25, 0.3) is 0 Å². The van der Waals surface area contributed by atoms with Gasteiger partial charge in [-0.25, -0.2) is 17.2 Å². The second-order valence-corrected chi connectivity index (χ2v) is 12.1. The van der Waals surface area contributed by atoms with E-state index in [1.54, 1.807) is 30.3 Å². The third-order valence-electron chi connectivity index (χ3n) is 8.07. The van der Waals surface area contributed by atoms with Crippen molar-refractivity contribution in [3.8, 4) is 12.3 Å². The van der Waals surface area contributed by atoms with Crippen molar-refractivity contribution in [1.82, 2.24) is 9.21 Å². The third-order valence-corrected chi connectivity index (χ3v) is 10.3. The fourth-order valence-electron chi connectivity index (χ4n) is 5.81. The monoisotopic (exact) mass is 542 g/mol. The van der Waals surface area contributed by atoms with Crippen molar-refractivity contribution in [2.45, 2.75) is 67.8 Å². The van der Waals surface area contributed by atoms with Crippen molar-refractivity contribution in [3.63, 3.8) is 0 Å². The van der Waals surface area contributed by atoms with Gasteiger partial charge in [-0.15, -0.1) is 6.42 Å². The van der Waals surface area contributed by atoms with Crippen LogP contribution in [0.2, 0.25) is 0 Å². The lowest BCUT2D eigenvalue weighted by Gasteiger charge is -2.41. The van der Waals surface area contributed by atoms with Crippen molar-refractivity contribution >= 4 is 22.7 Å². The highest BCUT2D eigenvalue weighted by molar-refractivity contribution is 7.89. The first kappa shape index (κ1) is 27.9. The topological polar surface area (TPSA) is 109 Å². The summed E-state index contributed by atoms with van der Waals surface area (Å²) in [5, 5.41) is 24.3. The molecule has 2 aromatic carbocycles. The summed E-state index contributed by atoms with van der Waals surface area (Å²) in [6.07, 6.45) is 10.2. The summed E-state index contributed by atoms with van der Waals surface area (Å²) in [6, 6.07) is 9.97. The number of hydrogen-bond donors (Lipinski definition) is 3. The van der Waals surface area contributed by atoms with Crippen LogP contribution in [0, 0.1) is 34.8 Å². The maximum Gasteiger partial charge on any atom is 0.222 e. The molecule has 4 rings (SSSR count). The van der Waals surface area contributed by atoms with E-state index < -0.39 is 44.9 Å². The van der Waals surface area contributed by atoms with Crippen LogP contribution in [-0.2, 0) is 22.0 Å². The molecule has 1 aliphatic carbocycles. The minimum atomic E-state index is -3.95. The molecule has 1 saturated heterocycles. The van der Waals surface area contributed by atoms with E-state index in [1.165, 1.54) is 4.90 Å². The lowest BCUT2D eigenvalue weighted by atomic mass is 9.68. The van der Waals surface area contributed by atoms with Crippen LogP contribution < -0.4 is 0 Å². The lowest BCUT2D eigenvalue weighted by Crippen LogP contribution is -2.45. The second kappa shape index (κ2) is 11.3. The number of halogens is 2. The minimum Gasteiger partial charge on any atom is -0.395 e. The Morgan fingerprint density at radius 2 is 1.74 bits per heavy atom. The number of benzene rings is 2. The maximum atomic E-state index is 15.5. The van der Waals surface area contributed by atoms with Gasteiger partial charge in [0.15, 0.2) is 0 Å². The molecule has 2 fully saturated rings. The van der Waals surface area contributed by atoms with E-state index in [2.05, 4.69) is 5.92 Å². The molecule has 0 radical (unpaired) electrons. The van der Waals surface area contributed by atoms with Crippen LogP contribution in [0.15, 0.2) is 42.5 Å². The summed E-state index contributed by atoms with van der Waals surface area (Å²) in [7, 11) is -3.95. The number of aliphatic hydroxyl groups excluding tert-OH is 1. The largest absolute Gasteiger partial charge is 0.395 e. The average Bonchev–Trinajstić information content (AvgIpc) is 2.93. The van der Waals surface area contributed by atoms with Gasteiger partial charge < -0.3 is 10.0 Å². The Morgan fingerprint density at radius 1 is 1.08 bits per heavy atom. The number of nitrogens with one attached hydrogen (secondary N) is 2. The van der Waals surface area contributed by atoms with Gasteiger partial charge in [0.2, 0.25) is 10.0 Å². The first-order valence-corrected chi connectivity index (χ1v) is 14.1. The van der Waals surface area contributed by atoms with E-state index in [-0.39, 0.29) is 23.8 Å². The maximum absolute atomic E-state index is 15.5. The smallest absolute Gasteiger partial charge is 0.222 e. The van der Waals surface area contributed by atoms with E-state index >= 15 is 8.78 Å². The summed E-state index contributed by atoms with van der Waals surface area (Å²) in [6.45, 7) is -0.783. The van der Waals surface area contributed by atoms with Crippen LogP contribution in [-0.4, -0.2) is 54.1 Å². The Kier molecular flexibility index (Phi) is 8.31. The number of hydrogen-bond acceptors (Lipinski definition) is 5. The number of terminal acetylenes is 1. The van der Waals surface area contributed by atoms with E-state index in [1.807, 2.05) is 0 Å². The SMILES string of the molecule is C#C[C@H]1CC[C@H](c2ccccc2)S(=O)(=O)N1Cc1cc(F)c(C2(CO)CCC(N(C=N)C=N)CC2)cc1F. The molecule has 2 aliphatic rings. The molecule has 38 heavy (non-hydrogen) atoms. The van der Waals surface area contributed by atoms with Gasteiger partial charge >= 0.3 is 0 Å². The Balaban J connectivity index is 1.62. The normalized spacial score (nSPS) is 27.3. The fourth-order valence-corrected chi connectivity index (χ4v) is 7.92. The molecule has 0 bridgehead atoms. The van der Waals surface area contributed by atoms with Crippen LogP contribution in [0.3, 0.4) is 0 Å². The van der Waals surface area contributed by atoms with Gasteiger partial charge in [-0.2, -0.15) is 4.31 Å². The summed E-state index contributed by atoms with van der Waals surface area (Å²) in [5.41, 5.74) is -0.454. The summed E-state index contributed by atoms with van der Waals surface area (Å²) in [4.78, 5) is 1.45. The molecule has 3 N–H and O–H groups in total. The first-order chi connectivity index (χ1) is 18.2. The van der Waals surface area contributed by atoms with Crippen LogP contribution in [0.4, 0.5) is 8.78 Å². The van der Waals surface area contributed by atoms with Crippen molar-refractivity contribution in [1.29, 1.82) is 10.8 Å². The zero-order valence-corrected chi connectivity index (χ0v) is 21.8. The van der Waals surface area contributed by atoms with E-state index in [4.69, 9.17) is 17.2 Å². The molecule has 1 heterocycles.